The van der Waals surface area contributed by atoms with Gasteiger partial charge < -0.3 is 9.84 Å². The van der Waals surface area contributed by atoms with Crippen molar-refractivity contribution in [2.75, 3.05) is 0 Å². The maximum Gasteiger partial charge on any atom is 0.345 e. The van der Waals surface area contributed by atoms with Gasteiger partial charge in [-0.25, -0.2) is 4.79 Å². The summed E-state index contributed by atoms with van der Waals surface area (Å²) in [6.45, 7) is 5.90. The lowest BCUT2D eigenvalue weighted by Gasteiger charge is -2.19. The third-order valence-electron chi connectivity index (χ3n) is 3.67. The zero-order valence-corrected chi connectivity index (χ0v) is 12.6. The molecule has 110 valence electrons. The fourth-order valence-corrected chi connectivity index (χ4v) is 2.38. The molecule has 0 saturated heterocycles. The molecule has 0 spiro atoms. The molecule has 0 amide bonds. The second-order valence-electron chi connectivity index (χ2n) is 5.28. The molecular formula is C18H20O3. The zero-order valence-electron chi connectivity index (χ0n) is 12.6. The summed E-state index contributed by atoms with van der Waals surface area (Å²) in [5.74, 6) is -0.322. The number of hydrogen-bond donors (Lipinski definition) is 1. The van der Waals surface area contributed by atoms with Gasteiger partial charge in [0.05, 0.1) is 0 Å². The predicted octanol–water partition coefficient (Wildman–Crippen LogP) is 3.69. The van der Waals surface area contributed by atoms with Crippen LogP contribution in [0.25, 0.3) is 0 Å². The molecule has 0 saturated carbocycles. The van der Waals surface area contributed by atoms with Gasteiger partial charge >= 0.3 is 5.97 Å². The number of carboxylic acids is 1. The Morgan fingerprint density at radius 2 is 1.57 bits per heavy atom. The molecule has 3 heteroatoms. The summed E-state index contributed by atoms with van der Waals surface area (Å²) in [4.78, 5) is 11.5. The van der Waals surface area contributed by atoms with Gasteiger partial charge in [-0.2, -0.15) is 0 Å². The minimum atomic E-state index is -0.944. The minimum Gasteiger partial charge on any atom is -0.478 e. The number of carboxylic acid groups (broad SMARTS) is 1. The summed E-state index contributed by atoms with van der Waals surface area (Å²) in [7, 11) is 0. The van der Waals surface area contributed by atoms with Crippen LogP contribution in [0.3, 0.4) is 0 Å². The Labute approximate surface area is 125 Å². The molecule has 0 aliphatic rings. The van der Waals surface area contributed by atoms with E-state index >= 15 is 0 Å². The number of rotatable bonds is 5. The maximum absolute atomic E-state index is 11.5. The van der Waals surface area contributed by atoms with Crippen molar-refractivity contribution in [1.82, 2.24) is 0 Å². The van der Waals surface area contributed by atoms with E-state index in [1.54, 1.807) is 6.07 Å². The molecule has 2 aromatic rings. The van der Waals surface area contributed by atoms with E-state index in [0.717, 1.165) is 22.3 Å². The van der Waals surface area contributed by atoms with E-state index in [1.807, 2.05) is 57.2 Å². The average Bonchev–Trinajstić information content (AvgIpc) is 2.43. The van der Waals surface area contributed by atoms with Crippen molar-refractivity contribution in [2.24, 2.45) is 0 Å². The highest BCUT2D eigenvalue weighted by Crippen LogP contribution is 2.21. The average molecular weight is 284 g/mol. The van der Waals surface area contributed by atoms with Crippen molar-refractivity contribution in [3.05, 3.63) is 64.7 Å². The van der Waals surface area contributed by atoms with E-state index in [1.165, 1.54) is 0 Å². The molecule has 0 heterocycles. The van der Waals surface area contributed by atoms with Crippen LogP contribution in [0.5, 0.6) is 5.75 Å². The molecule has 1 atom stereocenters. The van der Waals surface area contributed by atoms with Crippen molar-refractivity contribution in [3.63, 3.8) is 0 Å². The van der Waals surface area contributed by atoms with Gasteiger partial charge in [0.2, 0.25) is 0 Å². The highest BCUT2D eigenvalue weighted by molar-refractivity contribution is 5.73. The molecule has 0 aromatic heterocycles. The Morgan fingerprint density at radius 3 is 2.14 bits per heavy atom. The van der Waals surface area contributed by atoms with Crippen molar-refractivity contribution < 1.29 is 14.6 Å². The van der Waals surface area contributed by atoms with Crippen LogP contribution in [0, 0.1) is 20.8 Å². The van der Waals surface area contributed by atoms with Crippen LogP contribution in [0.2, 0.25) is 0 Å². The first-order chi connectivity index (χ1) is 9.99. The Kier molecular flexibility index (Phi) is 4.63. The molecule has 2 aromatic carbocycles. The highest BCUT2D eigenvalue weighted by atomic mass is 16.5. The topological polar surface area (TPSA) is 46.5 Å². The van der Waals surface area contributed by atoms with Crippen LogP contribution in [0.4, 0.5) is 0 Å². The summed E-state index contributed by atoms with van der Waals surface area (Å²) in [5.41, 5.74) is 4.16. The quantitative estimate of drug-likeness (QED) is 0.911. The summed E-state index contributed by atoms with van der Waals surface area (Å²) in [5, 5.41) is 9.44. The molecule has 21 heavy (non-hydrogen) atoms. The minimum absolute atomic E-state index is 0.363. The lowest BCUT2D eigenvalue weighted by atomic mass is 9.97. The number of carbonyl (C=O) groups is 1. The second-order valence-corrected chi connectivity index (χ2v) is 5.28. The van der Waals surface area contributed by atoms with Gasteiger partial charge in [0.25, 0.3) is 0 Å². The normalized spacial score (nSPS) is 12.0. The summed E-state index contributed by atoms with van der Waals surface area (Å²) >= 11 is 0. The van der Waals surface area contributed by atoms with E-state index in [4.69, 9.17) is 4.74 Å². The Morgan fingerprint density at radius 1 is 1.00 bits per heavy atom. The van der Waals surface area contributed by atoms with Crippen LogP contribution < -0.4 is 4.74 Å². The van der Waals surface area contributed by atoms with Crippen LogP contribution in [-0.2, 0) is 11.2 Å². The number of aryl methyl sites for hydroxylation is 3. The Balaban J connectivity index is 2.25. The summed E-state index contributed by atoms with van der Waals surface area (Å²) < 4.78 is 5.72. The van der Waals surface area contributed by atoms with Crippen molar-refractivity contribution >= 4 is 5.97 Å². The molecule has 0 fully saturated rings. The van der Waals surface area contributed by atoms with Gasteiger partial charge in [-0.05, 0) is 49.1 Å². The van der Waals surface area contributed by atoms with E-state index in [9.17, 15) is 9.90 Å². The molecule has 0 bridgehead atoms. The van der Waals surface area contributed by atoms with Crippen LogP contribution in [0.15, 0.2) is 42.5 Å². The summed E-state index contributed by atoms with van der Waals surface area (Å²) in [6, 6.07) is 13.4. The van der Waals surface area contributed by atoms with E-state index in [2.05, 4.69) is 0 Å². The number of para-hydroxylation sites is 1. The third kappa shape index (κ3) is 3.63. The zero-order chi connectivity index (χ0) is 15.4. The lowest BCUT2D eigenvalue weighted by molar-refractivity contribution is -0.145. The number of benzene rings is 2. The Bertz CT molecular complexity index is 626. The highest BCUT2D eigenvalue weighted by Gasteiger charge is 2.22. The molecular weight excluding hydrogens is 264 g/mol. The number of ether oxygens (including phenoxy) is 1. The smallest absolute Gasteiger partial charge is 0.345 e. The van der Waals surface area contributed by atoms with E-state index < -0.39 is 12.1 Å². The third-order valence-corrected chi connectivity index (χ3v) is 3.67. The van der Waals surface area contributed by atoms with Gasteiger partial charge in [0.1, 0.15) is 5.75 Å². The van der Waals surface area contributed by atoms with Crippen LogP contribution in [0.1, 0.15) is 22.3 Å². The van der Waals surface area contributed by atoms with Gasteiger partial charge in [-0.15, -0.1) is 0 Å². The van der Waals surface area contributed by atoms with Crippen molar-refractivity contribution in [1.29, 1.82) is 0 Å². The first-order valence-corrected chi connectivity index (χ1v) is 6.99. The van der Waals surface area contributed by atoms with Crippen LogP contribution >= 0.6 is 0 Å². The molecule has 1 N–H and O–H groups in total. The number of aliphatic carboxylic acids is 1. The van der Waals surface area contributed by atoms with Crippen molar-refractivity contribution in [3.8, 4) is 5.75 Å². The molecule has 0 unspecified atom stereocenters. The maximum atomic E-state index is 11.5. The van der Waals surface area contributed by atoms with Gasteiger partial charge in [-0.1, -0.05) is 36.4 Å². The lowest BCUT2D eigenvalue weighted by Crippen LogP contribution is -2.30. The molecule has 3 nitrogen and oxygen atoms in total. The van der Waals surface area contributed by atoms with Gasteiger partial charge in [0, 0.05) is 6.42 Å². The Hall–Kier alpha value is -2.29. The van der Waals surface area contributed by atoms with E-state index in [0.29, 0.717) is 12.2 Å². The standard InChI is InChI=1S/C18H20O3/c1-12-8-6-9-13(2)15(12)11-17(18(19)20)21-16-10-5-4-7-14(16)3/h4-10,17H,11H2,1-3H3,(H,19,20)/t17-/m0/s1. The molecule has 0 radical (unpaired) electrons. The number of hydrogen-bond acceptors (Lipinski definition) is 2. The molecule has 0 aliphatic heterocycles. The summed E-state index contributed by atoms with van der Waals surface area (Å²) in [6.07, 6.45) is -0.520. The molecule has 0 aliphatic carbocycles. The van der Waals surface area contributed by atoms with Crippen LogP contribution in [-0.4, -0.2) is 17.2 Å². The fourth-order valence-electron chi connectivity index (χ4n) is 2.38. The monoisotopic (exact) mass is 284 g/mol. The fraction of sp³-hybridized carbons (Fsp3) is 0.278. The SMILES string of the molecule is Cc1ccccc1O[C@@H](Cc1c(C)cccc1C)C(=O)O. The molecule has 2 rings (SSSR count). The van der Waals surface area contributed by atoms with Crippen molar-refractivity contribution in [2.45, 2.75) is 33.3 Å². The largest absolute Gasteiger partial charge is 0.478 e. The van der Waals surface area contributed by atoms with Gasteiger partial charge in [0.15, 0.2) is 6.10 Å². The van der Waals surface area contributed by atoms with Gasteiger partial charge in [-0.3, -0.25) is 0 Å². The predicted molar refractivity (Wildman–Crippen MR) is 82.9 cm³/mol. The second kappa shape index (κ2) is 6.44. The first kappa shape index (κ1) is 15.1. The first-order valence-electron chi connectivity index (χ1n) is 6.99. The van der Waals surface area contributed by atoms with E-state index in [-0.39, 0.29) is 0 Å².